The summed E-state index contributed by atoms with van der Waals surface area (Å²) in [6.07, 6.45) is 1.77. The monoisotopic (exact) mass is 401 g/mol. The quantitative estimate of drug-likeness (QED) is 0.460. The Hall–Kier alpha value is -3.80. The topological polar surface area (TPSA) is 66.9 Å². The van der Waals surface area contributed by atoms with Crippen molar-refractivity contribution in [3.63, 3.8) is 0 Å². The molecule has 150 valence electrons. The molecule has 0 bridgehead atoms. The molecule has 6 nitrogen and oxygen atoms in total. The summed E-state index contributed by atoms with van der Waals surface area (Å²) >= 11 is 0. The number of hydrogen-bond acceptors (Lipinski definition) is 6. The van der Waals surface area contributed by atoms with Crippen LogP contribution >= 0.6 is 0 Å². The van der Waals surface area contributed by atoms with Crippen LogP contribution in [0, 0.1) is 0 Å². The van der Waals surface area contributed by atoms with Crippen LogP contribution in [0.3, 0.4) is 0 Å². The van der Waals surface area contributed by atoms with Crippen molar-refractivity contribution in [1.29, 1.82) is 0 Å². The molecule has 0 fully saturated rings. The predicted octanol–water partition coefficient (Wildman–Crippen LogP) is 4.75. The van der Waals surface area contributed by atoms with Crippen molar-refractivity contribution >= 4 is 27.5 Å². The minimum atomic E-state index is -0.324. The van der Waals surface area contributed by atoms with Gasteiger partial charge in [-0.15, -0.1) is 0 Å². The molecule has 2 heterocycles. The first-order chi connectivity index (χ1) is 14.6. The fourth-order valence-corrected chi connectivity index (χ4v) is 4.11. The van der Waals surface area contributed by atoms with E-state index in [1.807, 2.05) is 42.5 Å². The van der Waals surface area contributed by atoms with Gasteiger partial charge in [0, 0.05) is 28.8 Å². The number of aromatic nitrogens is 1. The van der Waals surface area contributed by atoms with Crippen molar-refractivity contribution in [2.75, 3.05) is 21.3 Å². The molecule has 30 heavy (non-hydrogen) atoms. The smallest absolute Gasteiger partial charge is 0.339 e. The second-order valence-corrected chi connectivity index (χ2v) is 7.04. The van der Waals surface area contributed by atoms with E-state index in [1.54, 1.807) is 27.5 Å². The number of rotatable bonds is 4. The van der Waals surface area contributed by atoms with Gasteiger partial charge in [0.05, 0.1) is 26.9 Å². The van der Waals surface area contributed by atoms with Gasteiger partial charge in [-0.2, -0.15) is 0 Å². The van der Waals surface area contributed by atoms with Gasteiger partial charge in [-0.1, -0.05) is 18.2 Å². The third-order valence-corrected chi connectivity index (χ3v) is 5.51. The molecule has 0 N–H and O–H groups in total. The van der Waals surface area contributed by atoms with Crippen LogP contribution in [0.1, 0.15) is 15.9 Å². The van der Waals surface area contributed by atoms with Gasteiger partial charge in [-0.25, -0.2) is 9.78 Å². The van der Waals surface area contributed by atoms with Crippen LogP contribution < -0.4 is 14.2 Å². The van der Waals surface area contributed by atoms with E-state index in [0.717, 1.165) is 38.2 Å². The molecule has 0 amide bonds. The standard InChI is InChI=1S/C24H19NO5/c1-27-19-8-14-7-15-12-30-24(26)22(15)23(17(14)10-20(19)28-2)16-6-4-5-13-9-21(29-3)25-11-18(13)16/h4-11H,12H2,1-3H3. The third-order valence-electron chi connectivity index (χ3n) is 5.51. The molecule has 1 aromatic heterocycles. The third kappa shape index (κ3) is 2.64. The Morgan fingerprint density at radius 1 is 0.867 bits per heavy atom. The number of fused-ring (bicyclic) bond motifs is 3. The second-order valence-electron chi connectivity index (χ2n) is 7.04. The van der Waals surface area contributed by atoms with Crippen molar-refractivity contribution in [3.05, 3.63) is 59.8 Å². The zero-order valence-corrected chi connectivity index (χ0v) is 16.8. The SMILES string of the molecule is COc1cc2cccc(-c3c4c(cc5cc(OC)c(OC)cc35)COC4=O)c2cn1. The lowest BCUT2D eigenvalue weighted by molar-refractivity contribution is 0.0535. The highest BCUT2D eigenvalue weighted by molar-refractivity contribution is 6.15. The maximum Gasteiger partial charge on any atom is 0.339 e. The molecule has 1 aliphatic heterocycles. The van der Waals surface area contributed by atoms with E-state index in [0.29, 0.717) is 22.9 Å². The Morgan fingerprint density at radius 3 is 2.43 bits per heavy atom. The lowest BCUT2D eigenvalue weighted by Crippen LogP contribution is -2.00. The molecule has 0 unspecified atom stereocenters. The Bertz CT molecular complexity index is 1330. The van der Waals surface area contributed by atoms with Crippen molar-refractivity contribution < 1.29 is 23.7 Å². The van der Waals surface area contributed by atoms with Crippen LogP contribution in [0.15, 0.2) is 48.7 Å². The minimum absolute atomic E-state index is 0.252. The van der Waals surface area contributed by atoms with Crippen molar-refractivity contribution in [3.8, 4) is 28.5 Å². The average Bonchev–Trinajstić information content (AvgIpc) is 3.15. The molecule has 3 aromatic carbocycles. The van der Waals surface area contributed by atoms with Crippen LogP contribution in [0.5, 0.6) is 17.4 Å². The number of cyclic esters (lactones) is 1. The molecule has 0 aliphatic carbocycles. The molecule has 0 saturated heterocycles. The molecular formula is C24H19NO5. The summed E-state index contributed by atoms with van der Waals surface area (Å²) in [6.45, 7) is 0.252. The summed E-state index contributed by atoms with van der Waals surface area (Å²) in [6, 6.07) is 13.6. The van der Waals surface area contributed by atoms with Crippen molar-refractivity contribution in [2.24, 2.45) is 0 Å². The average molecular weight is 401 g/mol. The Kier molecular flexibility index (Phi) is 4.20. The Morgan fingerprint density at radius 2 is 1.67 bits per heavy atom. The molecule has 5 rings (SSSR count). The fraction of sp³-hybridized carbons (Fsp3) is 0.167. The number of pyridine rings is 1. The summed E-state index contributed by atoms with van der Waals surface area (Å²) in [7, 11) is 4.79. The van der Waals surface area contributed by atoms with Gasteiger partial charge in [0.15, 0.2) is 11.5 Å². The van der Waals surface area contributed by atoms with Crippen LogP contribution in [-0.2, 0) is 11.3 Å². The highest BCUT2D eigenvalue weighted by Gasteiger charge is 2.29. The number of esters is 1. The molecule has 0 atom stereocenters. The van der Waals surface area contributed by atoms with E-state index in [1.165, 1.54) is 0 Å². The highest BCUT2D eigenvalue weighted by Crippen LogP contribution is 2.44. The molecular weight excluding hydrogens is 382 g/mol. The van der Waals surface area contributed by atoms with Crippen LogP contribution in [0.25, 0.3) is 32.7 Å². The highest BCUT2D eigenvalue weighted by atomic mass is 16.5. The first-order valence-corrected chi connectivity index (χ1v) is 9.46. The summed E-state index contributed by atoms with van der Waals surface area (Å²) in [4.78, 5) is 17.1. The second kappa shape index (κ2) is 6.91. The zero-order valence-electron chi connectivity index (χ0n) is 16.8. The lowest BCUT2D eigenvalue weighted by Gasteiger charge is -2.16. The zero-order chi connectivity index (χ0) is 20.8. The Balaban J connectivity index is 1.92. The number of carbonyl (C=O) groups is 1. The lowest BCUT2D eigenvalue weighted by atomic mass is 9.88. The van der Waals surface area contributed by atoms with Crippen LogP contribution in [-0.4, -0.2) is 32.3 Å². The number of nitrogens with zero attached hydrogens (tertiary/aromatic N) is 1. The first kappa shape index (κ1) is 18.2. The first-order valence-electron chi connectivity index (χ1n) is 9.46. The number of methoxy groups -OCH3 is 3. The molecule has 1 aliphatic rings. The molecule has 4 aromatic rings. The van der Waals surface area contributed by atoms with E-state index in [-0.39, 0.29) is 12.6 Å². The minimum Gasteiger partial charge on any atom is -0.493 e. The molecule has 0 saturated carbocycles. The Labute approximate surface area is 173 Å². The number of carbonyl (C=O) groups excluding carboxylic acids is 1. The molecule has 6 heteroatoms. The normalized spacial score (nSPS) is 12.7. The number of ether oxygens (including phenoxy) is 4. The predicted molar refractivity (Wildman–Crippen MR) is 113 cm³/mol. The van der Waals surface area contributed by atoms with Gasteiger partial charge in [0.2, 0.25) is 5.88 Å². The summed E-state index contributed by atoms with van der Waals surface area (Å²) in [5, 5.41) is 3.71. The number of benzene rings is 3. The van der Waals surface area contributed by atoms with Gasteiger partial charge >= 0.3 is 5.97 Å². The van der Waals surface area contributed by atoms with Crippen LogP contribution in [0.4, 0.5) is 0 Å². The number of hydrogen-bond donors (Lipinski definition) is 0. The van der Waals surface area contributed by atoms with Gasteiger partial charge in [0.25, 0.3) is 0 Å². The van der Waals surface area contributed by atoms with E-state index >= 15 is 0 Å². The van der Waals surface area contributed by atoms with E-state index < -0.39 is 0 Å². The van der Waals surface area contributed by atoms with Gasteiger partial charge in [-0.05, 0) is 39.9 Å². The van der Waals surface area contributed by atoms with Crippen molar-refractivity contribution in [2.45, 2.75) is 6.61 Å². The summed E-state index contributed by atoms with van der Waals surface area (Å²) in [5.74, 6) is 1.44. The van der Waals surface area contributed by atoms with Crippen molar-refractivity contribution in [1.82, 2.24) is 4.98 Å². The molecule has 0 spiro atoms. The summed E-state index contributed by atoms with van der Waals surface area (Å²) < 4.78 is 21.7. The van der Waals surface area contributed by atoms with Crippen LogP contribution in [0.2, 0.25) is 0 Å². The maximum atomic E-state index is 12.7. The summed E-state index contributed by atoms with van der Waals surface area (Å²) in [5.41, 5.74) is 3.14. The fourth-order valence-electron chi connectivity index (χ4n) is 4.11. The van der Waals surface area contributed by atoms with Gasteiger partial charge in [-0.3, -0.25) is 0 Å². The van der Waals surface area contributed by atoms with Gasteiger partial charge in [0.1, 0.15) is 6.61 Å². The van der Waals surface area contributed by atoms with Gasteiger partial charge < -0.3 is 18.9 Å². The largest absolute Gasteiger partial charge is 0.493 e. The van der Waals surface area contributed by atoms with E-state index in [9.17, 15) is 4.79 Å². The molecule has 0 radical (unpaired) electrons. The van der Waals surface area contributed by atoms with E-state index in [2.05, 4.69) is 4.98 Å². The van der Waals surface area contributed by atoms with E-state index in [4.69, 9.17) is 18.9 Å². The maximum absolute atomic E-state index is 12.7.